The van der Waals surface area contributed by atoms with Crippen molar-refractivity contribution in [1.29, 1.82) is 0 Å². The van der Waals surface area contributed by atoms with Gasteiger partial charge >= 0.3 is 0 Å². The van der Waals surface area contributed by atoms with Crippen molar-refractivity contribution in [3.05, 3.63) is 69.1 Å². The van der Waals surface area contributed by atoms with Crippen LogP contribution in [0.15, 0.2) is 35.1 Å². The number of aryl methyl sites for hydroxylation is 1. The van der Waals surface area contributed by atoms with Crippen molar-refractivity contribution < 1.29 is 13.6 Å². The number of hydrogen-bond donors (Lipinski definition) is 0. The van der Waals surface area contributed by atoms with Gasteiger partial charge in [0.05, 0.1) is 0 Å². The summed E-state index contributed by atoms with van der Waals surface area (Å²) in [5, 5.41) is 0. The number of fused-ring (bicyclic) bond motifs is 4. The normalized spacial score (nSPS) is 20.4. The number of pyridine rings is 1. The molecule has 2 aliphatic rings. The number of halogens is 2. The zero-order chi connectivity index (χ0) is 21.4. The van der Waals surface area contributed by atoms with E-state index in [4.69, 9.17) is 0 Å². The lowest BCUT2D eigenvalue weighted by atomic mass is 9.82. The number of benzene rings is 1. The molecule has 0 aliphatic carbocycles. The number of rotatable bonds is 5. The molecule has 0 radical (unpaired) electrons. The topological polar surface area (TPSA) is 45.6 Å². The summed E-state index contributed by atoms with van der Waals surface area (Å²) >= 11 is 0. The predicted molar refractivity (Wildman–Crippen MR) is 110 cm³/mol. The Morgan fingerprint density at radius 2 is 1.90 bits per heavy atom. The van der Waals surface area contributed by atoms with Gasteiger partial charge in [-0.2, -0.15) is 0 Å². The van der Waals surface area contributed by atoms with Crippen LogP contribution in [0.25, 0.3) is 0 Å². The van der Waals surface area contributed by atoms with E-state index < -0.39 is 11.6 Å². The number of hydrogen-bond acceptors (Lipinski definition) is 3. The molecule has 2 aromatic rings. The van der Waals surface area contributed by atoms with Crippen molar-refractivity contribution in [3.63, 3.8) is 0 Å². The molecule has 2 atom stereocenters. The maximum absolute atomic E-state index is 13.4. The van der Waals surface area contributed by atoms with Crippen LogP contribution in [0, 0.1) is 17.6 Å². The maximum Gasteiger partial charge on any atom is 0.255 e. The Hall–Kier alpha value is -2.54. The van der Waals surface area contributed by atoms with Crippen LogP contribution in [0.1, 0.15) is 35.6 Å². The van der Waals surface area contributed by atoms with Crippen LogP contribution in [-0.2, 0) is 24.3 Å². The second-order valence-corrected chi connectivity index (χ2v) is 8.78. The summed E-state index contributed by atoms with van der Waals surface area (Å²) in [6, 6.07) is 7.72. The van der Waals surface area contributed by atoms with Gasteiger partial charge in [0.15, 0.2) is 11.6 Å². The summed E-state index contributed by atoms with van der Waals surface area (Å²) in [6.07, 6.45) is 1.63. The molecule has 1 fully saturated rings. The van der Waals surface area contributed by atoms with Crippen LogP contribution in [0.3, 0.4) is 0 Å². The molecule has 2 bridgehead atoms. The van der Waals surface area contributed by atoms with E-state index in [1.54, 1.807) is 0 Å². The lowest BCUT2D eigenvalue weighted by Crippen LogP contribution is -2.49. The first kappa shape index (κ1) is 20.7. The minimum atomic E-state index is -0.886. The number of nitrogens with zero attached hydrogens (tertiary/aromatic N) is 3. The van der Waals surface area contributed by atoms with Crippen molar-refractivity contribution in [2.75, 3.05) is 27.2 Å². The fourth-order valence-corrected chi connectivity index (χ4v) is 4.76. The highest BCUT2D eigenvalue weighted by atomic mass is 19.2. The highest BCUT2D eigenvalue weighted by Gasteiger charge is 2.36. The third-order valence-corrected chi connectivity index (χ3v) is 6.13. The first-order chi connectivity index (χ1) is 14.3. The first-order valence-electron chi connectivity index (χ1n) is 10.4. The van der Waals surface area contributed by atoms with Crippen LogP contribution >= 0.6 is 0 Å². The summed E-state index contributed by atoms with van der Waals surface area (Å²) in [5.41, 5.74) is 2.50. The summed E-state index contributed by atoms with van der Waals surface area (Å²) in [6.45, 7) is 2.48. The smallest absolute Gasteiger partial charge is 0.255 e. The highest BCUT2D eigenvalue weighted by Crippen LogP contribution is 2.35. The Kier molecular flexibility index (Phi) is 5.73. The van der Waals surface area contributed by atoms with Crippen LogP contribution in [-0.4, -0.2) is 47.5 Å². The van der Waals surface area contributed by atoms with Crippen LogP contribution < -0.4 is 5.56 Å². The Labute approximate surface area is 174 Å². The molecule has 0 N–H and O–H groups in total. The Bertz CT molecular complexity index is 1020. The summed E-state index contributed by atoms with van der Waals surface area (Å²) in [5.74, 6) is -1.32. The van der Waals surface area contributed by atoms with Crippen molar-refractivity contribution in [3.8, 4) is 0 Å². The Balaban J connectivity index is 1.45. The van der Waals surface area contributed by atoms with Crippen molar-refractivity contribution in [2.45, 2.75) is 38.3 Å². The fraction of sp³-hybridized carbons (Fsp3) is 0.478. The van der Waals surface area contributed by atoms with Gasteiger partial charge in [-0.15, -0.1) is 0 Å². The summed E-state index contributed by atoms with van der Waals surface area (Å²) in [4.78, 5) is 29.6. The van der Waals surface area contributed by atoms with E-state index in [0.717, 1.165) is 29.8 Å². The van der Waals surface area contributed by atoms with E-state index in [9.17, 15) is 18.4 Å². The van der Waals surface area contributed by atoms with Crippen molar-refractivity contribution in [2.24, 2.45) is 5.92 Å². The van der Waals surface area contributed by atoms with Gasteiger partial charge in [0.1, 0.15) is 0 Å². The largest absolute Gasteiger partial charge is 0.342 e. The third kappa shape index (κ3) is 4.17. The van der Waals surface area contributed by atoms with Crippen LogP contribution in [0.5, 0.6) is 0 Å². The highest BCUT2D eigenvalue weighted by molar-refractivity contribution is 5.76. The monoisotopic (exact) mass is 415 g/mol. The molecular formula is C23H27F2N3O2. The minimum Gasteiger partial charge on any atom is -0.342 e. The second kappa shape index (κ2) is 8.30. The average molecular weight is 415 g/mol. The molecule has 1 saturated heterocycles. The van der Waals surface area contributed by atoms with Crippen molar-refractivity contribution >= 4 is 5.91 Å². The van der Waals surface area contributed by atoms with Crippen LogP contribution in [0.4, 0.5) is 8.78 Å². The molecule has 5 nitrogen and oxygen atoms in total. The zero-order valence-electron chi connectivity index (χ0n) is 17.4. The number of carbonyl (C=O) groups excluding carboxylic acids is 1. The number of carbonyl (C=O) groups is 1. The van der Waals surface area contributed by atoms with Crippen molar-refractivity contribution in [1.82, 2.24) is 14.4 Å². The lowest BCUT2D eigenvalue weighted by Gasteiger charge is -2.43. The number of amides is 1. The molecule has 2 aliphatic heterocycles. The Morgan fingerprint density at radius 3 is 2.63 bits per heavy atom. The average Bonchev–Trinajstić information content (AvgIpc) is 2.70. The number of piperidine rings is 1. The van der Waals surface area contributed by atoms with E-state index in [-0.39, 0.29) is 29.7 Å². The molecular weight excluding hydrogens is 388 g/mol. The fourth-order valence-electron chi connectivity index (χ4n) is 4.76. The van der Waals surface area contributed by atoms with Gasteiger partial charge in [-0.3, -0.25) is 9.59 Å². The second-order valence-electron chi connectivity index (χ2n) is 8.78. The summed E-state index contributed by atoms with van der Waals surface area (Å²) < 4.78 is 28.4. The van der Waals surface area contributed by atoms with Gasteiger partial charge < -0.3 is 14.4 Å². The van der Waals surface area contributed by atoms with Gasteiger partial charge in [-0.1, -0.05) is 12.1 Å². The molecule has 1 amide bonds. The lowest BCUT2D eigenvalue weighted by molar-refractivity contribution is -0.133. The maximum atomic E-state index is 13.4. The minimum absolute atomic E-state index is 0.0226. The molecule has 160 valence electrons. The molecule has 0 saturated carbocycles. The van der Waals surface area contributed by atoms with Gasteiger partial charge in [0, 0.05) is 49.8 Å². The molecule has 4 rings (SSSR count). The molecule has 30 heavy (non-hydrogen) atoms. The SMILES string of the molecule is CN(C)Cc1ccc2n(c1=O)C[C@H]1C[C@@H]2CN(C(=O)CCc2ccc(F)c(F)c2)C1. The molecule has 7 heteroatoms. The third-order valence-electron chi connectivity index (χ3n) is 6.13. The number of aromatic nitrogens is 1. The Morgan fingerprint density at radius 1 is 1.10 bits per heavy atom. The molecule has 0 spiro atoms. The quantitative estimate of drug-likeness (QED) is 0.755. The summed E-state index contributed by atoms with van der Waals surface area (Å²) in [7, 11) is 3.89. The first-order valence-corrected chi connectivity index (χ1v) is 10.4. The van der Waals surface area contributed by atoms with Crippen LogP contribution in [0.2, 0.25) is 0 Å². The molecule has 1 aromatic carbocycles. The van der Waals surface area contributed by atoms with E-state index in [2.05, 4.69) is 0 Å². The van der Waals surface area contributed by atoms with E-state index in [1.807, 2.05) is 40.6 Å². The van der Waals surface area contributed by atoms with E-state index in [0.29, 0.717) is 38.2 Å². The standard InChI is InChI=1S/C23H27F2N3O2/c1-26(2)13-17-5-7-21-18-9-16(12-28(21)23(17)30)11-27(14-18)22(29)8-4-15-3-6-19(24)20(25)10-15/h3,5-7,10,16,18H,4,8-9,11-14H2,1-2H3/t16-,18+/m0/s1. The molecule has 0 unspecified atom stereocenters. The van der Waals surface area contributed by atoms with Gasteiger partial charge in [-0.05, 0) is 56.6 Å². The van der Waals surface area contributed by atoms with Gasteiger partial charge in [0.2, 0.25) is 5.91 Å². The number of likely N-dealkylation sites (tertiary alicyclic amines) is 1. The predicted octanol–water partition coefficient (Wildman–Crippen LogP) is 2.77. The van der Waals surface area contributed by atoms with Gasteiger partial charge in [0.25, 0.3) is 5.56 Å². The van der Waals surface area contributed by atoms with E-state index in [1.165, 1.54) is 6.07 Å². The van der Waals surface area contributed by atoms with E-state index >= 15 is 0 Å². The zero-order valence-corrected chi connectivity index (χ0v) is 17.4. The van der Waals surface area contributed by atoms with Gasteiger partial charge in [-0.25, -0.2) is 8.78 Å². The molecule has 3 heterocycles. The molecule has 1 aromatic heterocycles.